The van der Waals surface area contributed by atoms with Crippen LogP contribution in [0.25, 0.3) is 0 Å². The molecule has 112 valence electrons. The summed E-state index contributed by atoms with van der Waals surface area (Å²) in [6, 6.07) is 3.69. The molecule has 0 N–H and O–H groups in total. The summed E-state index contributed by atoms with van der Waals surface area (Å²) in [6.07, 6.45) is 7.58. The Morgan fingerprint density at radius 2 is 1.81 bits per heavy atom. The molecular weight excluding hydrogens is 270 g/mol. The molecular formula is C16H19NO4. The summed E-state index contributed by atoms with van der Waals surface area (Å²) in [4.78, 5) is 14.5. The molecule has 1 aliphatic carbocycles. The predicted molar refractivity (Wildman–Crippen MR) is 79.1 cm³/mol. The van der Waals surface area contributed by atoms with Gasteiger partial charge in [0.2, 0.25) is 11.8 Å². The van der Waals surface area contributed by atoms with E-state index in [-0.39, 0.29) is 12.0 Å². The Morgan fingerprint density at radius 1 is 1.14 bits per heavy atom. The number of benzene rings is 1. The summed E-state index contributed by atoms with van der Waals surface area (Å²) < 4.78 is 16.1. The molecule has 0 amide bonds. The summed E-state index contributed by atoms with van der Waals surface area (Å²) in [5.74, 6) is 1.76. The van der Waals surface area contributed by atoms with Crippen molar-refractivity contribution in [3.05, 3.63) is 29.8 Å². The SMILES string of the molecule is COc1cc([C@H]2C=CCC[C@@H]2N=C=O)cc(OC)c1OC. The number of aliphatic imine (C=N–C) groups is 1. The lowest BCUT2D eigenvalue weighted by molar-refractivity contribution is 0.323. The average Bonchev–Trinajstić information content (AvgIpc) is 2.54. The van der Waals surface area contributed by atoms with Crippen LogP contribution in [0.5, 0.6) is 17.2 Å². The molecule has 1 aromatic rings. The number of rotatable bonds is 5. The highest BCUT2D eigenvalue weighted by atomic mass is 16.5. The zero-order valence-corrected chi connectivity index (χ0v) is 12.5. The highest BCUT2D eigenvalue weighted by Crippen LogP contribution is 2.42. The second kappa shape index (κ2) is 6.95. The minimum Gasteiger partial charge on any atom is -0.493 e. The number of hydrogen-bond donors (Lipinski definition) is 0. The van der Waals surface area contributed by atoms with Gasteiger partial charge in [-0.05, 0) is 30.5 Å². The van der Waals surface area contributed by atoms with Crippen LogP contribution in [-0.4, -0.2) is 33.5 Å². The summed E-state index contributed by atoms with van der Waals surface area (Å²) in [5.41, 5.74) is 0.976. The van der Waals surface area contributed by atoms with E-state index >= 15 is 0 Å². The van der Waals surface area contributed by atoms with Gasteiger partial charge in [-0.3, -0.25) is 0 Å². The van der Waals surface area contributed by atoms with E-state index in [0.717, 1.165) is 18.4 Å². The lowest BCUT2D eigenvalue weighted by atomic mass is 9.85. The van der Waals surface area contributed by atoms with Gasteiger partial charge in [0, 0.05) is 5.92 Å². The largest absolute Gasteiger partial charge is 0.493 e. The van der Waals surface area contributed by atoms with E-state index in [0.29, 0.717) is 17.2 Å². The highest BCUT2D eigenvalue weighted by molar-refractivity contribution is 5.55. The third-order valence-electron chi connectivity index (χ3n) is 3.68. The Hall–Kier alpha value is -2.26. The average molecular weight is 289 g/mol. The molecule has 21 heavy (non-hydrogen) atoms. The number of hydrogen-bond acceptors (Lipinski definition) is 5. The molecule has 0 aromatic heterocycles. The van der Waals surface area contributed by atoms with Crippen LogP contribution in [0, 0.1) is 0 Å². The maximum atomic E-state index is 10.6. The fraction of sp³-hybridized carbons (Fsp3) is 0.438. The lowest BCUT2D eigenvalue weighted by Gasteiger charge is -2.25. The molecule has 0 unspecified atom stereocenters. The number of allylic oxidation sites excluding steroid dienone is 1. The molecule has 0 aliphatic heterocycles. The molecule has 5 heteroatoms. The molecule has 0 spiro atoms. The first-order valence-corrected chi connectivity index (χ1v) is 6.78. The van der Waals surface area contributed by atoms with Crippen LogP contribution in [-0.2, 0) is 4.79 Å². The van der Waals surface area contributed by atoms with Crippen molar-refractivity contribution >= 4 is 6.08 Å². The summed E-state index contributed by atoms with van der Waals surface area (Å²) in [6.45, 7) is 0. The fourth-order valence-corrected chi connectivity index (χ4v) is 2.66. The predicted octanol–water partition coefficient (Wildman–Crippen LogP) is 2.85. The Morgan fingerprint density at radius 3 is 2.33 bits per heavy atom. The van der Waals surface area contributed by atoms with Crippen LogP contribution < -0.4 is 14.2 Å². The molecule has 0 saturated heterocycles. The second-order valence-corrected chi connectivity index (χ2v) is 4.78. The normalized spacial score (nSPS) is 20.5. The monoisotopic (exact) mass is 289 g/mol. The van der Waals surface area contributed by atoms with Gasteiger partial charge in [0.15, 0.2) is 11.5 Å². The molecule has 0 saturated carbocycles. The van der Waals surface area contributed by atoms with Crippen molar-refractivity contribution in [2.75, 3.05) is 21.3 Å². The van der Waals surface area contributed by atoms with Crippen molar-refractivity contribution in [1.29, 1.82) is 0 Å². The maximum Gasteiger partial charge on any atom is 0.235 e. The van der Waals surface area contributed by atoms with Gasteiger partial charge in [0.1, 0.15) is 0 Å². The molecule has 0 bridgehead atoms. The Kier molecular flexibility index (Phi) is 5.01. The molecule has 0 heterocycles. The highest BCUT2D eigenvalue weighted by Gasteiger charge is 2.25. The summed E-state index contributed by atoms with van der Waals surface area (Å²) >= 11 is 0. The van der Waals surface area contributed by atoms with Crippen LogP contribution in [0.15, 0.2) is 29.3 Å². The van der Waals surface area contributed by atoms with Crippen LogP contribution in [0.1, 0.15) is 24.3 Å². The van der Waals surface area contributed by atoms with E-state index in [1.165, 1.54) is 0 Å². The summed E-state index contributed by atoms with van der Waals surface area (Å²) in [7, 11) is 4.73. The van der Waals surface area contributed by atoms with E-state index in [1.54, 1.807) is 27.4 Å². The van der Waals surface area contributed by atoms with Crippen LogP contribution in [0.2, 0.25) is 0 Å². The zero-order valence-electron chi connectivity index (χ0n) is 12.5. The van der Waals surface area contributed by atoms with E-state index < -0.39 is 0 Å². The van der Waals surface area contributed by atoms with Crippen molar-refractivity contribution in [2.45, 2.75) is 24.8 Å². The topological polar surface area (TPSA) is 57.1 Å². The van der Waals surface area contributed by atoms with Gasteiger partial charge >= 0.3 is 0 Å². The number of nitrogens with zero attached hydrogens (tertiary/aromatic N) is 1. The fourth-order valence-electron chi connectivity index (χ4n) is 2.66. The molecule has 1 aliphatic rings. The van der Waals surface area contributed by atoms with Crippen molar-refractivity contribution in [1.82, 2.24) is 0 Å². The standard InChI is InChI=1S/C16H19NO4/c1-19-14-8-11(9-15(20-2)16(14)21-3)12-6-4-5-7-13(12)17-10-18/h4,6,8-9,12-13H,5,7H2,1-3H3/t12-,13+/m1/s1. The third-order valence-corrected chi connectivity index (χ3v) is 3.68. The molecule has 0 fully saturated rings. The van der Waals surface area contributed by atoms with Crippen LogP contribution in [0.3, 0.4) is 0 Å². The van der Waals surface area contributed by atoms with E-state index in [4.69, 9.17) is 14.2 Å². The molecule has 1 aromatic carbocycles. The van der Waals surface area contributed by atoms with E-state index in [1.807, 2.05) is 12.1 Å². The number of ether oxygens (including phenoxy) is 3. The minimum atomic E-state index is -0.102. The molecule has 2 rings (SSSR count). The van der Waals surface area contributed by atoms with E-state index in [2.05, 4.69) is 17.1 Å². The smallest absolute Gasteiger partial charge is 0.235 e. The third kappa shape index (κ3) is 3.09. The van der Waals surface area contributed by atoms with E-state index in [9.17, 15) is 4.79 Å². The van der Waals surface area contributed by atoms with Gasteiger partial charge in [-0.1, -0.05) is 12.2 Å². The number of carbonyl (C=O) groups excluding carboxylic acids is 1. The Bertz CT molecular complexity index is 551. The van der Waals surface area contributed by atoms with Crippen LogP contribution in [0.4, 0.5) is 0 Å². The Balaban J connectivity index is 2.49. The lowest BCUT2D eigenvalue weighted by Crippen LogP contribution is -2.18. The van der Waals surface area contributed by atoms with Crippen molar-refractivity contribution in [3.8, 4) is 17.2 Å². The molecule has 5 nitrogen and oxygen atoms in total. The second-order valence-electron chi connectivity index (χ2n) is 4.78. The van der Waals surface area contributed by atoms with Crippen molar-refractivity contribution in [2.24, 2.45) is 4.99 Å². The molecule has 2 atom stereocenters. The zero-order chi connectivity index (χ0) is 15.2. The first kappa shape index (κ1) is 15.1. The van der Waals surface area contributed by atoms with Gasteiger partial charge in [-0.2, -0.15) is 0 Å². The molecule has 0 radical (unpaired) electrons. The van der Waals surface area contributed by atoms with Crippen molar-refractivity contribution < 1.29 is 19.0 Å². The first-order valence-electron chi connectivity index (χ1n) is 6.78. The number of isocyanates is 1. The van der Waals surface area contributed by atoms with Gasteiger partial charge in [0.05, 0.1) is 27.4 Å². The summed E-state index contributed by atoms with van der Waals surface area (Å²) in [5, 5.41) is 0. The van der Waals surface area contributed by atoms with Gasteiger partial charge in [0.25, 0.3) is 0 Å². The maximum absolute atomic E-state index is 10.6. The Labute approximate surface area is 124 Å². The van der Waals surface area contributed by atoms with Gasteiger partial charge in [-0.25, -0.2) is 9.79 Å². The first-order chi connectivity index (χ1) is 10.2. The van der Waals surface area contributed by atoms with Gasteiger partial charge in [-0.15, -0.1) is 0 Å². The quantitative estimate of drug-likeness (QED) is 0.475. The van der Waals surface area contributed by atoms with Gasteiger partial charge < -0.3 is 14.2 Å². The minimum absolute atomic E-state index is 0.00825. The van der Waals surface area contributed by atoms with Crippen LogP contribution >= 0.6 is 0 Å². The van der Waals surface area contributed by atoms with Crippen molar-refractivity contribution in [3.63, 3.8) is 0 Å². The number of methoxy groups -OCH3 is 3.